The van der Waals surface area contributed by atoms with Crippen molar-refractivity contribution in [1.29, 1.82) is 0 Å². The average molecular weight is 482 g/mol. The Kier molecular flexibility index (Phi) is 5.46. The predicted octanol–water partition coefficient (Wildman–Crippen LogP) is 5.43. The lowest BCUT2D eigenvalue weighted by atomic mass is 10.3. The smallest absolute Gasteiger partial charge is 0.281 e. The number of anilines is 2. The molecule has 0 spiro atoms. The zero-order valence-electron chi connectivity index (χ0n) is 12.9. The Morgan fingerprint density at radius 3 is 2.04 bits per heavy atom. The minimum atomic E-state index is -3.80. The van der Waals surface area contributed by atoms with Crippen LogP contribution in [0.3, 0.4) is 0 Å². The molecule has 0 aliphatic heterocycles. The molecule has 0 heterocycles. The van der Waals surface area contributed by atoms with E-state index in [1.54, 1.807) is 54.6 Å². The van der Waals surface area contributed by atoms with E-state index in [4.69, 9.17) is 0 Å². The van der Waals surface area contributed by atoms with E-state index >= 15 is 0 Å². The molecule has 0 amide bonds. The Labute approximate surface area is 163 Å². The average Bonchev–Trinajstić information content (AvgIpc) is 2.60. The van der Waals surface area contributed by atoms with Gasteiger partial charge in [0.25, 0.3) is 10.0 Å². The van der Waals surface area contributed by atoms with Crippen molar-refractivity contribution < 1.29 is 8.42 Å². The summed E-state index contributed by atoms with van der Waals surface area (Å²) in [5.41, 5.74) is 4.14. The lowest BCUT2D eigenvalue weighted by molar-refractivity contribution is 0.594. The number of hydrogen-bond donors (Lipinski definition) is 1. The van der Waals surface area contributed by atoms with Crippen LogP contribution >= 0.6 is 31.9 Å². The number of hydrazine groups is 1. The van der Waals surface area contributed by atoms with Gasteiger partial charge in [-0.1, -0.05) is 62.2 Å². The highest BCUT2D eigenvalue weighted by molar-refractivity contribution is 9.10. The summed E-state index contributed by atoms with van der Waals surface area (Å²) in [4.78, 5) is 0.206. The summed E-state index contributed by atoms with van der Waals surface area (Å²) in [5.74, 6) is 0. The molecule has 0 bridgehead atoms. The Balaban J connectivity index is 2.09. The minimum absolute atomic E-state index is 0.206. The molecule has 0 atom stereocenters. The highest BCUT2D eigenvalue weighted by Gasteiger charge is 2.25. The highest BCUT2D eigenvalue weighted by Crippen LogP contribution is 2.27. The molecule has 1 N–H and O–H groups in total. The molecule has 3 aromatic carbocycles. The lowest BCUT2D eigenvalue weighted by Crippen LogP contribution is -2.36. The molecule has 4 nitrogen and oxygen atoms in total. The maximum atomic E-state index is 13.2. The molecule has 0 radical (unpaired) electrons. The van der Waals surface area contributed by atoms with Gasteiger partial charge in [-0.05, 0) is 48.5 Å². The quantitative estimate of drug-likeness (QED) is 0.494. The van der Waals surface area contributed by atoms with Crippen LogP contribution in [0.25, 0.3) is 0 Å². The van der Waals surface area contributed by atoms with Gasteiger partial charge in [0.05, 0.1) is 16.3 Å². The van der Waals surface area contributed by atoms with Gasteiger partial charge in [0.1, 0.15) is 0 Å². The second-order valence-corrected chi connectivity index (χ2v) is 8.80. The molecule has 0 unspecified atom stereocenters. The molecule has 0 fully saturated rings. The molecule has 128 valence electrons. The van der Waals surface area contributed by atoms with Gasteiger partial charge in [-0.2, -0.15) is 12.8 Å². The normalized spacial score (nSPS) is 11.1. The van der Waals surface area contributed by atoms with Crippen LogP contribution in [-0.2, 0) is 10.0 Å². The second kappa shape index (κ2) is 7.59. The monoisotopic (exact) mass is 480 g/mol. The van der Waals surface area contributed by atoms with Gasteiger partial charge >= 0.3 is 0 Å². The first-order valence-corrected chi connectivity index (χ1v) is 10.4. The zero-order valence-corrected chi connectivity index (χ0v) is 16.9. The van der Waals surface area contributed by atoms with Crippen LogP contribution in [-0.4, -0.2) is 8.42 Å². The van der Waals surface area contributed by atoms with E-state index in [-0.39, 0.29) is 4.90 Å². The molecule has 7 heteroatoms. The van der Waals surface area contributed by atoms with Gasteiger partial charge in [-0.3, -0.25) is 5.43 Å². The number of nitrogens with one attached hydrogen (secondary N) is 1. The summed E-state index contributed by atoms with van der Waals surface area (Å²) >= 11 is 6.79. The molecule has 3 rings (SSSR count). The number of rotatable bonds is 5. The van der Waals surface area contributed by atoms with Crippen molar-refractivity contribution in [2.75, 3.05) is 9.84 Å². The van der Waals surface area contributed by atoms with Gasteiger partial charge in [-0.15, -0.1) is 0 Å². The van der Waals surface area contributed by atoms with Crippen LogP contribution in [0.15, 0.2) is 92.7 Å². The third-order valence-electron chi connectivity index (χ3n) is 3.38. The number of sulfonamides is 1. The van der Waals surface area contributed by atoms with Crippen LogP contribution in [0.2, 0.25) is 0 Å². The van der Waals surface area contributed by atoms with Crippen LogP contribution < -0.4 is 9.84 Å². The molecule has 0 aliphatic carbocycles. The van der Waals surface area contributed by atoms with E-state index in [0.717, 1.165) is 8.95 Å². The molecule has 0 saturated carbocycles. The zero-order chi connectivity index (χ0) is 17.9. The number of halogens is 2. The van der Waals surface area contributed by atoms with Gasteiger partial charge in [0.15, 0.2) is 0 Å². The first-order valence-electron chi connectivity index (χ1n) is 7.35. The summed E-state index contributed by atoms with van der Waals surface area (Å²) in [6, 6.07) is 22.8. The van der Waals surface area contributed by atoms with Gasteiger partial charge in [0, 0.05) is 8.95 Å². The molecule has 25 heavy (non-hydrogen) atoms. The third kappa shape index (κ3) is 4.23. The van der Waals surface area contributed by atoms with Crippen LogP contribution in [0.1, 0.15) is 0 Å². The van der Waals surface area contributed by atoms with Crippen LogP contribution in [0, 0.1) is 0 Å². The number of nitrogens with zero attached hydrogens (tertiary/aromatic N) is 1. The van der Waals surface area contributed by atoms with Crippen molar-refractivity contribution in [3.63, 3.8) is 0 Å². The van der Waals surface area contributed by atoms with Crippen molar-refractivity contribution in [2.45, 2.75) is 4.90 Å². The number of benzene rings is 3. The van der Waals surface area contributed by atoms with Crippen molar-refractivity contribution in [3.8, 4) is 0 Å². The fraction of sp³-hybridized carbons (Fsp3) is 0. The van der Waals surface area contributed by atoms with Crippen LogP contribution in [0.4, 0.5) is 11.4 Å². The first kappa shape index (κ1) is 18.0. The summed E-state index contributed by atoms with van der Waals surface area (Å²) in [6.07, 6.45) is 0. The van der Waals surface area contributed by atoms with E-state index < -0.39 is 10.0 Å². The molecule has 0 aliphatic rings. The topological polar surface area (TPSA) is 49.4 Å². The van der Waals surface area contributed by atoms with E-state index in [0.29, 0.717) is 11.4 Å². The molecule has 0 aromatic heterocycles. The molecular weight excluding hydrogens is 468 g/mol. The maximum Gasteiger partial charge on any atom is 0.281 e. The summed E-state index contributed by atoms with van der Waals surface area (Å²) in [7, 11) is -3.80. The first-order chi connectivity index (χ1) is 12.0. The van der Waals surface area contributed by atoms with Gasteiger partial charge in [0.2, 0.25) is 0 Å². The molecular formula is C18H14Br2N2O2S. The molecule has 0 saturated heterocycles. The largest absolute Gasteiger partial charge is 0.284 e. The van der Waals surface area contributed by atoms with Gasteiger partial charge < -0.3 is 0 Å². The third-order valence-corrected chi connectivity index (χ3v) is 6.02. The standard InChI is InChI=1S/C18H14Br2N2O2S/c19-14-6-4-8-16(12-14)21-22(17-9-5-7-15(20)13-17)25(23,24)18-10-2-1-3-11-18/h1-13,21H. The van der Waals surface area contributed by atoms with Crippen molar-refractivity contribution in [3.05, 3.63) is 87.8 Å². The predicted molar refractivity (Wildman–Crippen MR) is 108 cm³/mol. The van der Waals surface area contributed by atoms with E-state index in [2.05, 4.69) is 37.3 Å². The number of hydrogen-bond acceptors (Lipinski definition) is 3. The highest BCUT2D eigenvalue weighted by atomic mass is 79.9. The Bertz CT molecular complexity index is 979. The van der Waals surface area contributed by atoms with E-state index in [1.165, 1.54) is 4.41 Å². The summed E-state index contributed by atoms with van der Waals surface area (Å²) < 4.78 is 29.2. The Morgan fingerprint density at radius 2 is 1.40 bits per heavy atom. The van der Waals surface area contributed by atoms with Crippen molar-refractivity contribution in [2.24, 2.45) is 0 Å². The summed E-state index contributed by atoms with van der Waals surface area (Å²) in [5, 5.41) is 0. The second-order valence-electron chi connectivity index (χ2n) is 5.18. The molecule has 3 aromatic rings. The Morgan fingerprint density at radius 1 is 0.760 bits per heavy atom. The lowest BCUT2D eigenvalue weighted by Gasteiger charge is -2.26. The fourth-order valence-electron chi connectivity index (χ4n) is 2.24. The fourth-order valence-corrected chi connectivity index (χ4v) is 4.35. The summed E-state index contributed by atoms with van der Waals surface area (Å²) in [6.45, 7) is 0. The van der Waals surface area contributed by atoms with E-state index in [1.807, 2.05) is 24.3 Å². The Hall–Kier alpha value is -1.83. The van der Waals surface area contributed by atoms with Crippen molar-refractivity contribution in [1.82, 2.24) is 0 Å². The minimum Gasteiger partial charge on any atom is -0.284 e. The van der Waals surface area contributed by atoms with Crippen molar-refractivity contribution >= 4 is 53.3 Å². The van der Waals surface area contributed by atoms with Crippen LogP contribution in [0.5, 0.6) is 0 Å². The SMILES string of the molecule is O=S(=O)(c1ccccc1)N(Nc1cccc(Br)c1)c1cccc(Br)c1. The van der Waals surface area contributed by atoms with Gasteiger partial charge in [-0.25, -0.2) is 0 Å². The maximum absolute atomic E-state index is 13.2. The van der Waals surface area contributed by atoms with E-state index in [9.17, 15) is 8.42 Å².